The smallest absolute Gasteiger partial charge is 0.265 e. The average molecular weight is 290 g/mol. The van der Waals surface area contributed by atoms with Crippen LogP contribution >= 0.6 is 23.1 Å². The topological polar surface area (TPSA) is 54.9 Å². The van der Waals surface area contributed by atoms with Gasteiger partial charge in [0, 0.05) is 5.88 Å². The van der Waals surface area contributed by atoms with E-state index in [4.69, 9.17) is 11.6 Å². The molecule has 0 atom stereocenters. The maximum absolute atomic E-state index is 12.3. The van der Waals surface area contributed by atoms with E-state index in [1.54, 1.807) is 0 Å². The summed E-state index contributed by atoms with van der Waals surface area (Å²) < 4.78 is 3.87. The molecule has 0 radical (unpaired) electrons. The Hall–Kier alpha value is -0.680. The zero-order chi connectivity index (χ0) is 13.8. The van der Waals surface area contributed by atoms with Crippen LogP contribution in [0.4, 0.5) is 0 Å². The van der Waals surface area contributed by atoms with Crippen molar-refractivity contribution in [2.75, 3.05) is 5.88 Å². The molecule has 1 amide bonds. The van der Waals surface area contributed by atoms with Crippen molar-refractivity contribution in [3.8, 4) is 0 Å². The third kappa shape index (κ3) is 3.20. The van der Waals surface area contributed by atoms with Gasteiger partial charge in [-0.2, -0.15) is 0 Å². The molecule has 1 rings (SSSR count). The van der Waals surface area contributed by atoms with Gasteiger partial charge < -0.3 is 5.32 Å². The highest BCUT2D eigenvalue weighted by Gasteiger charge is 2.29. The fourth-order valence-corrected chi connectivity index (χ4v) is 2.84. The Kier molecular flexibility index (Phi) is 5.53. The maximum Gasteiger partial charge on any atom is 0.265 e. The zero-order valence-electron chi connectivity index (χ0n) is 11.3. The van der Waals surface area contributed by atoms with E-state index in [9.17, 15) is 4.79 Å². The number of carbonyl (C=O) groups is 1. The van der Waals surface area contributed by atoms with Crippen LogP contribution in [0.15, 0.2) is 0 Å². The molecular formula is C12H20ClN3OS. The van der Waals surface area contributed by atoms with Gasteiger partial charge >= 0.3 is 0 Å². The zero-order valence-corrected chi connectivity index (χ0v) is 12.9. The number of nitrogens with one attached hydrogen (secondary N) is 1. The van der Waals surface area contributed by atoms with E-state index in [0.29, 0.717) is 10.8 Å². The molecule has 1 N–H and O–H groups in total. The van der Waals surface area contributed by atoms with Gasteiger partial charge in [-0.05, 0) is 30.3 Å². The first-order valence-corrected chi connectivity index (χ1v) is 7.51. The Labute approximate surface area is 117 Å². The van der Waals surface area contributed by atoms with Gasteiger partial charge in [0.25, 0.3) is 5.91 Å². The number of amides is 1. The summed E-state index contributed by atoms with van der Waals surface area (Å²) in [6.07, 6.45) is 1.62. The fourth-order valence-electron chi connectivity index (χ4n) is 1.68. The second-order valence-corrected chi connectivity index (χ2v) is 5.74. The van der Waals surface area contributed by atoms with Crippen LogP contribution in [0.2, 0.25) is 0 Å². The van der Waals surface area contributed by atoms with E-state index < -0.39 is 0 Å². The highest BCUT2D eigenvalue weighted by molar-refractivity contribution is 7.08. The molecule has 1 heterocycles. The Morgan fingerprint density at radius 3 is 2.50 bits per heavy atom. The van der Waals surface area contributed by atoms with Crippen molar-refractivity contribution in [3.05, 3.63) is 10.6 Å². The Bertz CT molecular complexity index is 394. The van der Waals surface area contributed by atoms with Crippen LogP contribution < -0.4 is 5.32 Å². The first kappa shape index (κ1) is 15.4. The van der Waals surface area contributed by atoms with Crippen LogP contribution in [0.5, 0.6) is 0 Å². The van der Waals surface area contributed by atoms with E-state index in [1.165, 1.54) is 0 Å². The molecule has 0 fully saturated rings. The molecule has 102 valence electrons. The van der Waals surface area contributed by atoms with Gasteiger partial charge in [-0.1, -0.05) is 32.2 Å². The minimum atomic E-state index is -0.336. The first-order chi connectivity index (χ1) is 8.49. The second kappa shape index (κ2) is 6.48. The normalized spacial score (nSPS) is 11.9. The van der Waals surface area contributed by atoms with E-state index in [2.05, 4.69) is 14.9 Å². The molecule has 0 spiro atoms. The number of alkyl halides is 1. The number of rotatable bonds is 6. The molecule has 0 aliphatic rings. The van der Waals surface area contributed by atoms with Gasteiger partial charge in [0.2, 0.25) is 0 Å². The van der Waals surface area contributed by atoms with E-state index in [0.717, 1.165) is 30.1 Å². The minimum Gasteiger partial charge on any atom is -0.345 e. The lowest BCUT2D eigenvalue weighted by molar-refractivity contribution is 0.0905. The lowest BCUT2D eigenvalue weighted by atomic mass is 9.95. The molecule has 4 nitrogen and oxygen atoms in total. The summed E-state index contributed by atoms with van der Waals surface area (Å²) in [4.78, 5) is 12.9. The van der Waals surface area contributed by atoms with Crippen molar-refractivity contribution in [2.24, 2.45) is 0 Å². The number of hydrogen-bond donors (Lipinski definition) is 1. The van der Waals surface area contributed by atoms with Crippen LogP contribution in [0.3, 0.4) is 0 Å². The van der Waals surface area contributed by atoms with Crippen molar-refractivity contribution < 1.29 is 4.79 Å². The summed E-state index contributed by atoms with van der Waals surface area (Å²) in [6, 6.07) is 0. The standard InChI is InChI=1S/C12H20ClN3OS/c1-5-12(6-2,7-13)14-11(17)10-9(8(3)4)15-16-18-10/h8H,5-7H2,1-4H3,(H,14,17). The van der Waals surface area contributed by atoms with Gasteiger partial charge in [-0.3, -0.25) is 4.79 Å². The van der Waals surface area contributed by atoms with E-state index in [1.807, 2.05) is 27.7 Å². The monoisotopic (exact) mass is 289 g/mol. The van der Waals surface area contributed by atoms with Crippen molar-refractivity contribution in [2.45, 2.75) is 52.0 Å². The largest absolute Gasteiger partial charge is 0.345 e. The van der Waals surface area contributed by atoms with Gasteiger partial charge in [0.1, 0.15) is 4.88 Å². The second-order valence-electron chi connectivity index (χ2n) is 4.72. The first-order valence-electron chi connectivity index (χ1n) is 6.20. The molecule has 1 aromatic rings. The van der Waals surface area contributed by atoms with Crippen LogP contribution in [0, 0.1) is 0 Å². The molecule has 0 saturated carbocycles. The number of hydrogen-bond acceptors (Lipinski definition) is 4. The third-order valence-electron chi connectivity index (χ3n) is 3.25. The molecule has 0 unspecified atom stereocenters. The predicted octanol–water partition coefficient (Wildman–Crippen LogP) is 3.19. The van der Waals surface area contributed by atoms with Crippen LogP contribution in [-0.4, -0.2) is 26.9 Å². The SMILES string of the molecule is CCC(CC)(CCl)NC(=O)c1snnc1C(C)C. The predicted molar refractivity (Wildman–Crippen MR) is 75.5 cm³/mol. The molecule has 1 aromatic heterocycles. The molecule has 0 aromatic carbocycles. The molecule has 18 heavy (non-hydrogen) atoms. The minimum absolute atomic E-state index is 0.113. The number of carbonyl (C=O) groups excluding carboxylic acids is 1. The lowest BCUT2D eigenvalue weighted by Gasteiger charge is -2.30. The van der Waals surface area contributed by atoms with E-state index in [-0.39, 0.29) is 17.4 Å². The number of aromatic nitrogens is 2. The average Bonchev–Trinajstić information content (AvgIpc) is 2.85. The van der Waals surface area contributed by atoms with Crippen LogP contribution in [0.25, 0.3) is 0 Å². The van der Waals surface area contributed by atoms with Crippen molar-refractivity contribution >= 4 is 29.0 Å². The van der Waals surface area contributed by atoms with Crippen molar-refractivity contribution in [1.29, 1.82) is 0 Å². The Morgan fingerprint density at radius 2 is 2.06 bits per heavy atom. The summed E-state index contributed by atoms with van der Waals surface area (Å²) >= 11 is 7.13. The van der Waals surface area contributed by atoms with Gasteiger partial charge in [-0.25, -0.2) is 0 Å². The molecular weight excluding hydrogens is 270 g/mol. The molecule has 0 bridgehead atoms. The summed E-state index contributed by atoms with van der Waals surface area (Å²) in [5.74, 6) is 0.492. The summed E-state index contributed by atoms with van der Waals surface area (Å²) in [7, 11) is 0. The highest BCUT2D eigenvalue weighted by Crippen LogP contribution is 2.22. The van der Waals surface area contributed by atoms with Gasteiger partial charge in [0.15, 0.2) is 0 Å². The van der Waals surface area contributed by atoms with Gasteiger partial charge in [0.05, 0.1) is 11.2 Å². The van der Waals surface area contributed by atoms with Crippen LogP contribution in [-0.2, 0) is 0 Å². The number of halogens is 1. The highest BCUT2D eigenvalue weighted by atomic mass is 35.5. The molecule has 0 aliphatic heterocycles. The molecule has 6 heteroatoms. The van der Waals surface area contributed by atoms with E-state index >= 15 is 0 Å². The Balaban J connectivity index is 2.91. The van der Waals surface area contributed by atoms with Crippen LogP contribution in [0.1, 0.15) is 61.8 Å². The summed E-state index contributed by atoms with van der Waals surface area (Å²) in [5.41, 5.74) is 0.421. The maximum atomic E-state index is 12.3. The Morgan fingerprint density at radius 1 is 1.44 bits per heavy atom. The van der Waals surface area contributed by atoms with Gasteiger partial charge in [-0.15, -0.1) is 16.7 Å². The number of nitrogens with zero attached hydrogens (tertiary/aromatic N) is 2. The summed E-state index contributed by atoms with van der Waals surface area (Å²) in [5, 5.41) is 7.06. The molecule has 0 aliphatic carbocycles. The summed E-state index contributed by atoms with van der Waals surface area (Å²) in [6.45, 7) is 8.06. The van der Waals surface area contributed by atoms with Crippen molar-refractivity contribution in [1.82, 2.24) is 14.9 Å². The fraction of sp³-hybridized carbons (Fsp3) is 0.750. The molecule has 0 saturated heterocycles. The van der Waals surface area contributed by atoms with Crippen molar-refractivity contribution in [3.63, 3.8) is 0 Å². The quantitative estimate of drug-likeness (QED) is 0.818. The lowest BCUT2D eigenvalue weighted by Crippen LogP contribution is -2.49. The third-order valence-corrected chi connectivity index (χ3v) is 4.51.